The number of ether oxygens (including phenoxy) is 2. The molecule has 4 heteroatoms. The second-order valence-corrected chi connectivity index (χ2v) is 3.61. The van der Waals surface area contributed by atoms with Gasteiger partial charge in [-0.2, -0.15) is 0 Å². The molecule has 1 aromatic carbocycles. The van der Waals surface area contributed by atoms with Crippen LogP contribution in [-0.4, -0.2) is 32.8 Å². The Bertz CT molecular complexity index is 423. The van der Waals surface area contributed by atoms with E-state index in [4.69, 9.17) is 15.9 Å². The molecule has 1 amide bonds. The van der Waals surface area contributed by atoms with Crippen molar-refractivity contribution in [1.29, 1.82) is 0 Å². The van der Waals surface area contributed by atoms with E-state index in [9.17, 15) is 4.79 Å². The summed E-state index contributed by atoms with van der Waals surface area (Å²) in [5, 5.41) is 2.60. The quantitative estimate of drug-likeness (QED) is 0.586. The molecule has 0 aliphatic heterocycles. The smallest absolute Gasteiger partial charge is 0.252 e. The third-order valence-electron chi connectivity index (χ3n) is 2.21. The van der Waals surface area contributed by atoms with Gasteiger partial charge in [-0.15, -0.1) is 6.42 Å². The van der Waals surface area contributed by atoms with E-state index in [1.807, 2.05) is 6.07 Å². The molecule has 0 atom stereocenters. The van der Waals surface area contributed by atoms with E-state index in [0.29, 0.717) is 24.5 Å². The van der Waals surface area contributed by atoms with Crippen molar-refractivity contribution in [2.24, 2.45) is 0 Å². The predicted molar refractivity (Wildman–Crippen MR) is 69.6 cm³/mol. The summed E-state index contributed by atoms with van der Waals surface area (Å²) < 4.78 is 10.4. The maximum Gasteiger partial charge on any atom is 0.252 e. The number of rotatable bonds is 7. The Labute approximate surface area is 107 Å². The van der Waals surface area contributed by atoms with E-state index >= 15 is 0 Å². The first-order valence-corrected chi connectivity index (χ1v) is 5.71. The van der Waals surface area contributed by atoms with E-state index in [1.54, 1.807) is 25.3 Å². The third kappa shape index (κ3) is 4.89. The maximum atomic E-state index is 11.6. The highest BCUT2D eigenvalue weighted by Crippen LogP contribution is 2.13. The molecule has 1 aromatic rings. The van der Waals surface area contributed by atoms with Crippen molar-refractivity contribution >= 4 is 5.91 Å². The topological polar surface area (TPSA) is 47.6 Å². The summed E-state index contributed by atoms with van der Waals surface area (Å²) in [5.41, 5.74) is 0.537. The lowest BCUT2D eigenvalue weighted by Crippen LogP contribution is -2.23. The number of carbonyl (C=O) groups is 1. The number of hydrogen-bond donors (Lipinski definition) is 1. The number of terminal acetylenes is 1. The summed E-state index contributed by atoms with van der Waals surface area (Å²) in [6.45, 7) is 1.43. The zero-order valence-electron chi connectivity index (χ0n) is 10.4. The van der Waals surface area contributed by atoms with Gasteiger partial charge < -0.3 is 14.8 Å². The van der Waals surface area contributed by atoms with E-state index in [1.165, 1.54) is 0 Å². The van der Waals surface area contributed by atoms with Gasteiger partial charge in [-0.1, -0.05) is 12.0 Å². The van der Waals surface area contributed by atoms with Crippen LogP contribution in [0.15, 0.2) is 24.3 Å². The highest BCUT2D eigenvalue weighted by atomic mass is 16.5. The first-order chi connectivity index (χ1) is 8.77. The molecule has 0 heterocycles. The maximum absolute atomic E-state index is 11.6. The predicted octanol–water partition coefficient (Wildman–Crippen LogP) is 1.46. The molecule has 0 spiro atoms. The molecule has 0 fully saturated rings. The fourth-order valence-corrected chi connectivity index (χ4v) is 1.35. The molecular weight excluding hydrogens is 230 g/mol. The van der Waals surface area contributed by atoms with Gasteiger partial charge >= 0.3 is 0 Å². The van der Waals surface area contributed by atoms with Crippen LogP contribution < -0.4 is 10.1 Å². The number of amides is 1. The SMILES string of the molecule is C#CCNC(=O)c1cccc(OCCCOC)c1. The van der Waals surface area contributed by atoms with Crippen molar-refractivity contribution in [3.8, 4) is 18.1 Å². The van der Waals surface area contributed by atoms with Gasteiger partial charge in [0.2, 0.25) is 0 Å². The standard InChI is InChI=1S/C14H17NO3/c1-3-8-15-14(16)12-6-4-7-13(11-12)18-10-5-9-17-2/h1,4,6-7,11H,5,8-10H2,2H3,(H,15,16). The molecule has 18 heavy (non-hydrogen) atoms. The zero-order chi connectivity index (χ0) is 13.2. The van der Waals surface area contributed by atoms with Crippen LogP contribution >= 0.6 is 0 Å². The van der Waals surface area contributed by atoms with Gasteiger partial charge in [-0.05, 0) is 18.2 Å². The second kappa shape index (κ2) is 8.15. The van der Waals surface area contributed by atoms with E-state index in [2.05, 4.69) is 11.2 Å². The monoisotopic (exact) mass is 247 g/mol. The Morgan fingerprint density at radius 1 is 1.44 bits per heavy atom. The summed E-state index contributed by atoms with van der Waals surface area (Å²) in [5.74, 6) is 2.82. The van der Waals surface area contributed by atoms with Crippen LogP contribution in [-0.2, 0) is 4.74 Å². The summed E-state index contributed by atoms with van der Waals surface area (Å²) in [6.07, 6.45) is 5.89. The highest BCUT2D eigenvalue weighted by Gasteiger charge is 2.05. The Kier molecular flexibility index (Phi) is 6.37. The normalized spacial score (nSPS) is 9.56. The van der Waals surface area contributed by atoms with Crippen LogP contribution in [0.2, 0.25) is 0 Å². The molecule has 0 saturated carbocycles. The fraction of sp³-hybridized carbons (Fsp3) is 0.357. The zero-order valence-corrected chi connectivity index (χ0v) is 10.4. The molecule has 1 rings (SSSR count). The largest absolute Gasteiger partial charge is 0.493 e. The van der Waals surface area contributed by atoms with Crippen molar-refractivity contribution in [2.45, 2.75) is 6.42 Å². The number of methoxy groups -OCH3 is 1. The summed E-state index contributed by atoms with van der Waals surface area (Å²) in [6, 6.07) is 6.99. The minimum atomic E-state index is -0.199. The molecule has 1 N–H and O–H groups in total. The third-order valence-corrected chi connectivity index (χ3v) is 2.21. The van der Waals surface area contributed by atoms with Crippen molar-refractivity contribution in [3.63, 3.8) is 0 Å². The minimum absolute atomic E-state index is 0.199. The van der Waals surface area contributed by atoms with Gasteiger partial charge in [0, 0.05) is 25.7 Å². The Balaban J connectivity index is 2.51. The lowest BCUT2D eigenvalue weighted by molar-refractivity contribution is 0.0958. The molecule has 4 nitrogen and oxygen atoms in total. The molecule has 0 bridgehead atoms. The first-order valence-electron chi connectivity index (χ1n) is 5.71. The van der Waals surface area contributed by atoms with Gasteiger partial charge in [0.25, 0.3) is 5.91 Å². The molecule has 0 aliphatic rings. The van der Waals surface area contributed by atoms with Crippen LogP contribution in [0.25, 0.3) is 0 Å². The van der Waals surface area contributed by atoms with Crippen LogP contribution in [0.3, 0.4) is 0 Å². The van der Waals surface area contributed by atoms with Crippen LogP contribution in [0, 0.1) is 12.3 Å². The molecule has 0 aliphatic carbocycles. The summed E-state index contributed by atoms with van der Waals surface area (Å²) >= 11 is 0. The lowest BCUT2D eigenvalue weighted by Gasteiger charge is -2.07. The summed E-state index contributed by atoms with van der Waals surface area (Å²) in [4.78, 5) is 11.6. The number of carbonyl (C=O) groups excluding carboxylic acids is 1. The van der Waals surface area contributed by atoms with Gasteiger partial charge in [-0.25, -0.2) is 0 Å². The van der Waals surface area contributed by atoms with Gasteiger partial charge in [-0.3, -0.25) is 4.79 Å². The van der Waals surface area contributed by atoms with Gasteiger partial charge in [0.1, 0.15) is 5.75 Å². The lowest BCUT2D eigenvalue weighted by atomic mass is 10.2. The molecule has 0 unspecified atom stereocenters. The average molecular weight is 247 g/mol. The Hall–Kier alpha value is -1.99. The van der Waals surface area contributed by atoms with Crippen molar-refractivity contribution in [3.05, 3.63) is 29.8 Å². The molecule has 0 radical (unpaired) electrons. The van der Waals surface area contributed by atoms with Gasteiger partial charge in [0.05, 0.1) is 13.2 Å². The van der Waals surface area contributed by atoms with Crippen LogP contribution in [0.4, 0.5) is 0 Å². The van der Waals surface area contributed by atoms with E-state index < -0.39 is 0 Å². The number of hydrogen-bond acceptors (Lipinski definition) is 3. The van der Waals surface area contributed by atoms with E-state index in [-0.39, 0.29) is 12.5 Å². The number of nitrogens with one attached hydrogen (secondary N) is 1. The molecule has 0 saturated heterocycles. The van der Waals surface area contributed by atoms with E-state index in [0.717, 1.165) is 6.42 Å². The average Bonchev–Trinajstić information content (AvgIpc) is 2.41. The first kappa shape index (κ1) is 14.1. The Morgan fingerprint density at radius 3 is 3.00 bits per heavy atom. The molecular formula is C14H17NO3. The minimum Gasteiger partial charge on any atom is -0.493 e. The molecule has 96 valence electrons. The fourth-order valence-electron chi connectivity index (χ4n) is 1.35. The summed E-state index contributed by atoms with van der Waals surface area (Å²) in [7, 11) is 1.65. The molecule has 0 aromatic heterocycles. The van der Waals surface area contributed by atoms with Crippen molar-refractivity contribution < 1.29 is 14.3 Å². The second-order valence-electron chi connectivity index (χ2n) is 3.61. The van der Waals surface area contributed by atoms with Crippen molar-refractivity contribution in [1.82, 2.24) is 5.32 Å². The van der Waals surface area contributed by atoms with Crippen LogP contribution in [0.1, 0.15) is 16.8 Å². The Morgan fingerprint density at radius 2 is 2.28 bits per heavy atom. The number of benzene rings is 1. The van der Waals surface area contributed by atoms with Crippen LogP contribution in [0.5, 0.6) is 5.75 Å². The van der Waals surface area contributed by atoms with Gasteiger partial charge in [0.15, 0.2) is 0 Å². The van der Waals surface area contributed by atoms with Crippen molar-refractivity contribution in [2.75, 3.05) is 26.9 Å². The highest BCUT2D eigenvalue weighted by molar-refractivity contribution is 5.94.